The van der Waals surface area contributed by atoms with Crippen molar-refractivity contribution in [3.8, 4) is 0 Å². The quantitative estimate of drug-likeness (QED) is 0.485. The number of carbonyl (C=O) groups is 1. The predicted molar refractivity (Wildman–Crippen MR) is 32.9 cm³/mol. The normalized spacial score (nSPS) is 42.6. The molecule has 2 atom stereocenters. The first kappa shape index (κ1) is 4.68. The van der Waals surface area contributed by atoms with E-state index in [0.717, 1.165) is 0 Å². The largest absolute Gasteiger partial charge is 0.333 e. The maximum Gasteiger partial charge on any atom is 0.282 e. The van der Waals surface area contributed by atoms with Gasteiger partial charge in [-0.05, 0) is 6.42 Å². The summed E-state index contributed by atoms with van der Waals surface area (Å²) in [5.74, 6) is 0. The summed E-state index contributed by atoms with van der Waals surface area (Å²) in [5, 5.41) is 0.916. The van der Waals surface area contributed by atoms with Gasteiger partial charge in [-0.3, -0.25) is 4.79 Å². The van der Waals surface area contributed by atoms with E-state index in [1.54, 1.807) is 0 Å². The summed E-state index contributed by atoms with van der Waals surface area (Å²) in [6.07, 6.45) is 1.23. The molecule has 0 aromatic heterocycles. The van der Waals surface area contributed by atoms with Crippen molar-refractivity contribution in [3.63, 3.8) is 0 Å². The van der Waals surface area contributed by atoms with Gasteiger partial charge in [-0.25, -0.2) is 0 Å². The molecule has 1 heterocycles. The molecule has 2 rings (SSSR count). The molecule has 2 aliphatic rings. The molecule has 0 aromatic carbocycles. The zero-order valence-corrected chi connectivity index (χ0v) is 5.44. The number of fused-ring (bicyclic) bond motifs is 1. The molecule has 0 aromatic rings. The van der Waals surface area contributed by atoms with Gasteiger partial charge in [-0.1, -0.05) is 11.8 Å². The lowest BCUT2D eigenvalue weighted by atomic mass is 10.6. The van der Waals surface area contributed by atoms with E-state index in [1.165, 1.54) is 18.2 Å². The molecule has 1 saturated carbocycles. The number of amides is 1. The first-order chi connectivity index (χ1) is 3.79. The van der Waals surface area contributed by atoms with Crippen molar-refractivity contribution in [1.82, 2.24) is 4.90 Å². The Morgan fingerprint density at radius 1 is 1.88 bits per heavy atom. The van der Waals surface area contributed by atoms with Gasteiger partial charge in [0, 0.05) is 18.3 Å². The summed E-state index contributed by atoms with van der Waals surface area (Å²) in [4.78, 5) is 12.5. The highest BCUT2D eigenvalue weighted by atomic mass is 32.2. The molecule has 2 nitrogen and oxygen atoms in total. The Hall–Kier alpha value is -0.180. The Bertz CT molecular complexity index is 147. The maximum atomic E-state index is 10.7. The van der Waals surface area contributed by atoms with E-state index in [4.69, 9.17) is 0 Å². The van der Waals surface area contributed by atoms with Crippen LogP contribution in [0.3, 0.4) is 0 Å². The highest BCUT2D eigenvalue weighted by Gasteiger charge is 2.50. The second-order valence-corrected chi connectivity index (χ2v) is 3.53. The summed E-state index contributed by atoms with van der Waals surface area (Å²) in [7, 11) is 1.88. The molecule has 1 saturated heterocycles. The average molecular weight is 129 g/mol. The highest BCUT2D eigenvalue weighted by molar-refractivity contribution is 8.14. The maximum absolute atomic E-state index is 10.7. The summed E-state index contributed by atoms with van der Waals surface area (Å²) in [5.41, 5.74) is 0. The van der Waals surface area contributed by atoms with E-state index >= 15 is 0 Å². The molecule has 2 fully saturated rings. The third-order valence-electron chi connectivity index (χ3n) is 1.74. The molecule has 0 spiro atoms. The molecule has 3 heteroatoms. The Labute approximate surface area is 52.2 Å². The SMILES string of the molecule is CN1C(=O)SC2CC21. The molecule has 1 amide bonds. The van der Waals surface area contributed by atoms with Crippen LogP contribution in [-0.4, -0.2) is 28.5 Å². The van der Waals surface area contributed by atoms with E-state index in [2.05, 4.69) is 0 Å². The fraction of sp³-hybridized carbons (Fsp3) is 0.800. The molecule has 2 unspecified atom stereocenters. The van der Waals surface area contributed by atoms with Crippen LogP contribution in [0.2, 0.25) is 0 Å². The lowest BCUT2D eigenvalue weighted by Crippen LogP contribution is -2.20. The number of carbonyl (C=O) groups excluding carboxylic acids is 1. The van der Waals surface area contributed by atoms with Crippen LogP contribution < -0.4 is 0 Å². The molecular formula is C5H7NOS. The minimum absolute atomic E-state index is 0.256. The molecule has 0 N–H and O–H groups in total. The van der Waals surface area contributed by atoms with Gasteiger partial charge >= 0.3 is 0 Å². The fourth-order valence-electron chi connectivity index (χ4n) is 1.04. The van der Waals surface area contributed by atoms with Crippen LogP contribution in [0.1, 0.15) is 6.42 Å². The Morgan fingerprint density at radius 3 is 2.88 bits per heavy atom. The second kappa shape index (κ2) is 1.21. The van der Waals surface area contributed by atoms with Gasteiger partial charge in [-0.2, -0.15) is 0 Å². The average Bonchev–Trinajstić information content (AvgIpc) is 2.39. The fourth-order valence-corrected chi connectivity index (χ4v) is 2.24. The van der Waals surface area contributed by atoms with Crippen molar-refractivity contribution in [1.29, 1.82) is 0 Å². The Balaban J connectivity index is 2.19. The van der Waals surface area contributed by atoms with Crippen LogP contribution in [-0.2, 0) is 0 Å². The van der Waals surface area contributed by atoms with Gasteiger partial charge in [0.25, 0.3) is 5.24 Å². The third-order valence-corrected chi connectivity index (χ3v) is 3.04. The van der Waals surface area contributed by atoms with Crippen molar-refractivity contribution in [2.24, 2.45) is 0 Å². The van der Waals surface area contributed by atoms with E-state index in [1.807, 2.05) is 11.9 Å². The lowest BCUT2D eigenvalue weighted by molar-refractivity contribution is 0.234. The highest BCUT2D eigenvalue weighted by Crippen LogP contribution is 2.46. The molecule has 1 aliphatic heterocycles. The number of nitrogens with zero attached hydrogens (tertiary/aromatic N) is 1. The van der Waals surface area contributed by atoms with Crippen LogP contribution in [0.25, 0.3) is 0 Å². The van der Waals surface area contributed by atoms with Gasteiger partial charge in [0.1, 0.15) is 0 Å². The second-order valence-electron chi connectivity index (χ2n) is 2.34. The smallest absolute Gasteiger partial charge is 0.282 e. The number of rotatable bonds is 0. The monoisotopic (exact) mass is 129 g/mol. The van der Waals surface area contributed by atoms with E-state index < -0.39 is 0 Å². The molecule has 8 heavy (non-hydrogen) atoms. The Morgan fingerprint density at radius 2 is 2.62 bits per heavy atom. The van der Waals surface area contributed by atoms with Crippen molar-refractivity contribution in [3.05, 3.63) is 0 Å². The Kier molecular flexibility index (Phi) is 0.707. The summed E-state index contributed by atoms with van der Waals surface area (Å²) in [6, 6.07) is 0.604. The zero-order valence-electron chi connectivity index (χ0n) is 4.63. The van der Waals surface area contributed by atoms with Gasteiger partial charge in [-0.15, -0.1) is 0 Å². The van der Waals surface area contributed by atoms with E-state index in [-0.39, 0.29) is 5.24 Å². The van der Waals surface area contributed by atoms with Crippen LogP contribution in [0.4, 0.5) is 4.79 Å². The summed E-state index contributed by atoms with van der Waals surface area (Å²) in [6.45, 7) is 0. The van der Waals surface area contributed by atoms with Crippen LogP contribution >= 0.6 is 11.8 Å². The van der Waals surface area contributed by atoms with E-state index in [0.29, 0.717) is 11.3 Å². The van der Waals surface area contributed by atoms with Crippen LogP contribution in [0, 0.1) is 0 Å². The topological polar surface area (TPSA) is 20.3 Å². The van der Waals surface area contributed by atoms with Crippen molar-refractivity contribution < 1.29 is 4.79 Å². The van der Waals surface area contributed by atoms with Gasteiger partial charge < -0.3 is 4.90 Å². The number of hydrogen-bond acceptors (Lipinski definition) is 2. The first-order valence-corrected chi connectivity index (χ1v) is 3.60. The standard InChI is InChI=1S/C5H7NOS/c1-6-3-2-4(3)8-5(6)7/h3-4H,2H2,1H3. The minimum Gasteiger partial charge on any atom is -0.333 e. The lowest BCUT2D eigenvalue weighted by Gasteiger charge is -2.07. The molecule has 0 bridgehead atoms. The number of thioether (sulfide) groups is 1. The first-order valence-electron chi connectivity index (χ1n) is 2.72. The van der Waals surface area contributed by atoms with Crippen LogP contribution in [0.5, 0.6) is 0 Å². The van der Waals surface area contributed by atoms with Gasteiger partial charge in [0.15, 0.2) is 0 Å². The zero-order chi connectivity index (χ0) is 5.72. The summed E-state index contributed by atoms with van der Waals surface area (Å²) < 4.78 is 0. The van der Waals surface area contributed by atoms with Gasteiger partial charge in [0.2, 0.25) is 0 Å². The summed E-state index contributed by atoms with van der Waals surface area (Å²) >= 11 is 1.49. The molecule has 0 radical (unpaired) electrons. The van der Waals surface area contributed by atoms with Crippen molar-refractivity contribution in [2.75, 3.05) is 7.05 Å². The van der Waals surface area contributed by atoms with Crippen molar-refractivity contribution >= 4 is 17.0 Å². The van der Waals surface area contributed by atoms with Crippen LogP contribution in [0.15, 0.2) is 0 Å². The van der Waals surface area contributed by atoms with Crippen molar-refractivity contribution in [2.45, 2.75) is 17.7 Å². The number of hydrogen-bond donors (Lipinski definition) is 0. The molecule has 44 valence electrons. The van der Waals surface area contributed by atoms with Gasteiger partial charge in [0.05, 0.1) is 0 Å². The molecule has 1 aliphatic carbocycles. The van der Waals surface area contributed by atoms with E-state index in [9.17, 15) is 4.79 Å². The predicted octanol–water partition coefficient (Wildman–Crippen LogP) is 0.926. The minimum atomic E-state index is 0.256. The molecular weight excluding hydrogens is 122 g/mol. The third kappa shape index (κ3) is 0.426.